The van der Waals surface area contributed by atoms with Crippen LogP contribution in [-0.4, -0.2) is 6.04 Å². The molecule has 3 N–H and O–H groups in total. The summed E-state index contributed by atoms with van der Waals surface area (Å²) in [5.41, 5.74) is 3.21. The highest BCUT2D eigenvalue weighted by Crippen LogP contribution is 2.40. The van der Waals surface area contributed by atoms with E-state index in [1.54, 1.807) is 0 Å². The summed E-state index contributed by atoms with van der Waals surface area (Å²) in [4.78, 5) is 0. The molecule has 0 radical (unpaired) electrons. The zero-order chi connectivity index (χ0) is 13.8. The second kappa shape index (κ2) is 7.08. The van der Waals surface area contributed by atoms with E-state index in [4.69, 9.17) is 5.84 Å². The first-order valence-electron chi connectivity index (χ1n) is 8.61. The first kappa shape index (κ1) is 15.3. The Morgan fingerprint density at radius 3 is 2.11 bits per heavy atom. The lowest BCUT2D eigenvalue weighted by Crippen LogP contribution is -2.48. The van der Waals surface area contributed by atoms with Gasteiger partial charge in [-0.1, -0.05) is 46.5 Å². The summed E-state index contributed by atoms with van der Waals surface area (Å²) >= 11 is 0. The predicted octanol–water partition coefficient (Wildman–Crippen LogP) is 4.11. The summed E-state index contributed by atoms with van der Waals surface area (Å²) in [6.45, 7) is 7.18. The highest BCUT2D eigenvalue weighted by atomic mass is 15.2. The van der Waals surface area contributed by atoms with Crippen LogP contribution in [0.3, 0.4) is 0 Å². The molecule has 2 heteroatoms. The maximum atomic E-state index is 5.93. The molecule has 2 nitrogen and oxygen atoms in total. The summed E-state index contributed by atoms with van der Waals surface area (Å²) in [6, 6.07) is 0.577. The van der Waals surface area contributed by atoms with Gasteiger partial charge in [-0.15, -0.1) is 0 Å². The molecule has 2 aliphatic carbocycles. The van der Waals surface area contributed by atoms with Crippen molar-refractivity contribution >= 4 is 0 Å². The van der Waals surface area contributed by atoms with Crippen molar-refractivity contribution in [2.75, 3.05) is 0 Å². The molecule has 0 aliphatic heterocycles. The Morgan fingerprint density at radius 1 is 0.947 bits per heavy atom. The second-order valence-corrected chi connectivity index (χ2v) is 7.41. The van der Waals surface area contributed by atoms with Crippen LogP contribution in [0, 0.1) is 29.6 Å². The van der Waals surface area contributed by atoms with Crippen LogP contribution in [0.2, 0.25) is 0 Å². The summed E-state index contributed by atoms with van der Waals surface area (Å²) < 4.78 is 0. The van der Waals surface area contributed by atoms with Crippen LogP contribution in [0.1, 0.15) is 72.1 Å². The van der Waals surface area contributed by atoms with Crippen molar-refractivity contribution in [3.8, 4) is 0 Å². The van der Waals surface area contributed by atoms with Gasteiger partial charge in [-0.2, -0.15) is 0 Å². The fourth-order valence-electron chi connectivity index (χ4n) is 4.53. The molecule has 0 aromatic rings. The van der Waals surface area contributed by atoms with Crippen molar-refractivity contribution in [2.24, 2.45) is 35.4 Å². The lowest BCUT2D eigenvalue weighted by atomic mass is 9.68. The van der Waals surface area contributed by atoms with Crippen molar-refractivity contribution in [2.45, 2.75) is 78.2 Å². The van der Waals surface area contributed by atoms with Gasteiger partial charge in [0.1, 0.15) is 0 Å². The fraction of sp³-hybridized carbons (Fsp3) is 1.00. The number of hydrogen-bond donors (Lipinski definition) is 2. The summed E-state index contributed by atoms with van der Waals surface area (Å²) in [6.07, 6.45) is 11.2. The molecule has 2 rings (SSSR count). The van der Waals surface area contributed by atoms with Gasteiger partial charge in [0.15, 0.2) is 0 Å². The molecule has 0 aromatic heterocycles. The Balaban J connectivity index is 1.89. The van der Waals surface area contributed by atoms with Crippen LogP contribution in [0.25, 0.3) is 0 Å². The largest absolute Gasteiger partial charge is 0.271 e. The zero-order valence-corrected chi connectivity index (χ0v) is 13.2. The van der Waals surface area contributed by atoms with Crippen molar-refractivity contribution in [3.63, 3.8) is 0 Å². The quantitative estimate of drug-likeness (QED) is 0.593. The molecule has 4 unspecified atom stereocenters. The molecule has 4 atom stereocenters. The van der Waals surface area contributed by atoms with E-state index in [1.165, 1.54) is 51.4 Å². The van der Waals surface area contributed by atoms with Gasteiger partial charge in [-0.25, -0.2) is 0 Å². The molecule has 0 bridgehead atoms. The summed E-state index contributed by atoms with van der Waals surface area (Å²) in [7, 11) is 0. The first-order chi connectivity index (χ1) is 9.15. The fourth-order valence-corrected chi connectivity index (χ4v) is 4.53. The van der Waals surface area contributed by atoms with Crippen LogP contribution in [-0.2, 0) is 0 Å². The number of rotatable bonds is 4. The standard InChI is InChI=1S/C17H34N2/c1-4-14-6-9-15(10-7-14)17(19-18)16-8-5-12(2)13(3)11-16/h12-17,19H,4-11,18H2,1-3H3. The third kappa shape index (κ3) is 3.72. The Morgan fingerprint density at radius 2 is 1.58 bits per heavy atom. The van der Waals surface area contributed by atoms with Gasteiger partial charge < -0.3 is 0 Å². The summed E-state index contributed by atoms with van der Waals surface area (Å²) in [5.74, 6) is 10.4. The van der Waals surface area contributed by atoms with Crippen LogP contribution >= 0.6 is 0 Å². The molecule has 2 aliphatic rings. The van der Waals surface area contributed by atoms with Crippen molar-refractivity contribution in [3.05, 3.63) is 0 Å². The third-order valence-electron chi connectivity index (χ3n) is 6.32. The molecular weight excluding hydrogens is 232 g/mol. The minimum absolute atomic E-state index is 0.577. The number of nitrogens with one attached hydrogen (secondary N) is 1. The van der Waals surface area contributed by atoms with Gasteiger partial charge in [0.05, 0.1) is 0 Å². The van der Waals surface area contributed by atoms with Crippen LogP contribution in [0.4, 0.5) is 0 Å². The van der Waals surface area contributed by atoms with Crippen molar-refractivity contribution in [1.29, 1.82) is 0 Å². The molecule has 0 amide bonds. The minimum Gasteiger partial charge on any atom is -0.271 e. The first-order valence-corrected chi connectivity index (χ1v) is 8.61. The Bertz CT molecular complexity index is 258. The van der Waals surface area contributed by atoms with Crippen molar-refractivity contribution in [1.82, 2.24) is 5.43 Å². The molecule has 19 heavy (non-hydrogen) atoms. The zero-order valence-electron chi connectivity index (χ0n) is 13.2. The van der Waals surface area contributed by atoms with Crippen LogP contribution in [0.15, 0.2) is 0 Å². The Hall–Kier alpha value is -0.0800. The van der Waals surface area contributed by atoms with E-state index in [-0.39, 0.29) is 0 Å². The maximum absolute atomic E-state index is 5.93. The topological polar surface area (TPSA) is 38.0 Å². The lowest BCUT2D eigenvalue weighted by molar-refractivity contribution is 0.114. The smallest absolute Gasteiger partial charge is 0.0267 e. The van der Waals surface area contributed by atoms with E-state index in [1.807, 2.05) is 0 Å². The van der Waals surface area contributed by atoms with Gasteiger partial charge in [0, 0.05) is 6.04 Å². The Kier molecular flexibility index (Phi) is 5.70. The SMILES string of the molecule is CCC1CCC(C(NN)C2CCC(C)C(C)C2)CC1. The molecule has 112 valence electrons. The normalized spacial score (nSPS) is 42.0. The molecular formula is C17H34N2. The highest BCUT2D eigenvalue weighted by molar-refractivity contribution is 4.89. The van der Waals surface area contributed by atoms with Gasteiger partial charge in [-0.3, -0.25) is 11.3 Å². The number of hydrogen-bond acceptors (Lipinski definition) is 2. The Labute approximate surface area is 119 Å². The third-order valence-corrected chi connectivity index (χ3v) is 6.32. The minimum atomic E-state index is 0.577. The second-order valence-electron chi connectivity index (χ2n) is 7.41. The monoisotopic (exact) mass is 266 g/mol. The van der Waals surface area contributed by atoms with E-state index in [2.05, 4.69) is 26.2 Å². The molecule has 0 aromatic carbocycles. The van der Waals surface area contributed by atoms with E-state index in [0.29, 0.717) is 6.04 Å². The van der Waals surface area contributed by atoms with E-state index in [9.17, 15) is 0 Å². The molecule has 2 fully saturated rings. The number of hydrazine groups is 1. The molecule has 0 spiro atoms. The lowest BCUT2D eigenvalue weighted by Gasteiger charge is -2.42. The number of nitrogens with two attached hydrogens (primary N) is 1. The van der Waals surface area contributed by atoms with Gasteiger partial charge in [0.25, 0.3) is 0 Å². The van der Waals surface area contributed by atoms with E-state index in [0.717, 1.165) is 29.6 Å². The van der Waals surface area contributed by atoms with E-state index < -0.39 is 0 Å². The van der Waals surface area contributed by atoms with Crippen LogP contribution in [0.5, 0.6) is 0 Å². The van der Waals surface area contributed by atoms with Gasteiger partial charge in [0.2, 0.25) is 0 Å². The average molecular weight is 266 g/mol. The van der Waals surface area contributed by atoms with Crippen molar-refractivity contribution < 1.29 is 0 Å². The maximum Gasteiger partial charge on any atom is 0.0267 e. The van der Waals surface area contributed by atoms with Gasteiger partial charge >= 0.3 is 0 Å². The van der Waals surface area contributed by atoms with Crippen LogP contribution < -0.4 is 11.3 Å². The predicted molar refractivity (Wildman–Crippen MR) is 82.5 cm³/mol. The van der Waals surface area contributed by atoms with E-state index >= 15 is 0 Å². The highest BCUT2D eigenvalue weighted by Gasteiger charge is 2.35. The van der Waals surface area contributed by atoms with Gasteiger partial charge in [-0.05, 0) is 55.3 Å². The molecule has 0 saturated heterocycles. The summed E-state index contributed by atoms with van der Waals surface area (Å²) in [5, 5.41) is 0. The molecule has 2 saturated carbocycles. The average Bonchev–Trinajstić information content (AvgIpc) is 2.44. The molecule has 0 heterocycles.